The van der Waals surface area contributed by atoms with Crippen LogP contribution in [0, 0.1) is 4.91 Å². The van der Waals surface area contributed by atoms with Gasteiger partial charge in [0.1, 0.15) is 0 Å². The van der Waals surface area contributed by atoms with Gasteiger partial charge in [0.25, 0.3) is 0 Å². The van der Waals surface area contributed by atoms with Gasteiger partial charge in [0.2, 0.25) is 0 Å². The number of amides is 2. The first-order chi connectivity index (χ1) is 4.34. The molecule has 0 radical (unpaired) electrons. The summed E-state index contributed by atoms with van der Waals surface area (Å²) in [6.45, 7) is 1.08. The maximum atomic E-state index is 10.5. The number of carbonyl (C=O) groups excluding carboxylic acids is 1. The Morgan fingerprint density at radius 1 is 1.67 bits per heavy atom. The molecule has 0 spiro atoms. The lowest BCUT2D eigenvalue weighted by molar-refractivity contribution is 0.188. The van der Waals surface area contributed by atoms with Crippen molar-refractivity contribution in [2.24, 2.45) is 5.29 Å². The second-order valence-electron chi connectivity index (χ2n) is 1.79. The molecule has 0 aromatic rings. The standard InChI is InChI=1S/C4H7N3O2/c8-4-5-2-1-3-7(4)6-9/h1-3H2,(H,5,8). The number of nitrogens with zero attached hydrogens (tertiary/aromatic N) is 2. The van der Waals surface area contributed by atoms with Gasteiger partial charge in [-0.25, -0.2) is 4.79 Å². The predicted molar refractivity (Wildman–Crippen MR) is 30.5 cm³/mol. The Hall–Kier alpha value is -1.13. The van der Waals surface area contributed by atoms with E-state index in [1.807, 2.05) is 0 Å². The molecule has 1 aliphatic heterocycles. The maximum Gasteiger partial charge on any atom is 0.340 e. The number of urea groups is 1. The van der Waals surface area contributed by atoms with Gasteiger partial charge in [-0.1, -0.05) is 0 Å². The van der Waals surface area contributed by atoms with E-state index in [0.29, 0.717) is 13.1 Å². The Labute approximate surface area is 52.0 Å². The smallest absolute Gasteiger partial charge is 0.336 e. The summed E-state index contributed by atoms with van der Waals surface area (Å²) >= 11 is 0. The molecule has 0 atom stereocenters. The van der Waals surface area contributed by atoms with Gasteiger partial charge in [-0.2, -0.15) is 5.01 Å². The lowest BCUT2D eigenvalue weighted by Gasteiger charge is -2.18. The molecule has 1 heterocycles. The van der Waals surface area contributed by atoms with E-state index in [4.69, 9.17) is 0 Å². The fourth-order valence-electron chi connectivity index (χ4n) is 0.695. The summed E-state index contributed by atoms with van der Waals surface area (Å²) < 4.78 is 0. The van der Waals surface area contributed by atoms with Crippen LogP contribution in [0.5, 0.6) is 0 Å². The van der Waals surface area contributed by atoms with E-state index in [2.05, 4.69) is 10.6 Å². The summed E-state index contributed by atoms with van der Waals surface area (Å²) in [4.78, 5) is 20.3. The van der Waals surface area contributed by atoms with Crippen LogP contribution >= 0.6 is 0 Å². The minimum absolute atomic E-state index is 0.392. The Morgan fingerprint density at radius 2 is 2.44 bits per heavy atom. The molecule has 1 aliphatic rings. The van der Waals surface area contributed by atoms with Gasteiger partial charge in [-0.3, -0.25) is 0 Å². The molecule has 0 aromatic carbocycles. The number of nitroso groups, excluding NO2 is 1. The zero-order valence-corrected chi connectivity index (χ0v) is 4.83. The van der Waals surface area contributed by atoms with Gasteiger partial charge in [0, 0.05) is 6.54 Å². The lowest BCUT2D eigenvalue weighted by atomic mass is 10.4. The van der Waals surface area contributed by atoms with Gasteiger partial charge in [0.05, 0.1) is 11.8 Å². The molecular formula is C4H7N3O2. The zero-order chi connectivity index (χ0) is 6.69. The highest BCUT2D eigenvalue weighted by Crippen LogP contribution is 1.97. The number of nitrogens with one attached hydrogen (secondary N) is 1. The van der Waals surface area contributed by atoms with Gasteiger partial charge in [-0.05, 0) is 6.42 Å². The third-order valence-electron chi connectivity index (χ3n) is 1.16. The normalized spacial score (nSPS) is 19.1. The van der Waals surface area contributed by atoms with Crippen LogP contribution in [-0.4, -0.2) is 24.1 Å². The summed E-state index contributed by atoms with van der Waals surface area (Å²) in [5.74, 6) is 0. The monoisotopic (exact) mass is 129 g/mol. The van der Waals surface area contributed by atoms with E-state index in [1.54, 1.807) is 0 Å². The Morgan fingerprint density at radius 3 is 2.89 bits per heavy atom. The van der Waals surface area contributed by atoms with Crippen molar-refractivity contribution in [3.63, 3.8) is 0 Å². The predicted octanol–water partition coefficient (Wildman–Crippen LogP) is 0.0831. The minimum atomic E-state index is -0.392. The molecule has 2 amide bonds. The van der Waals surface area contributed by atoms with Crippen LogP contribution in [-0.2, 0) is 0 Å². The van der Waals surface area contributed by atoms with Crippen molar-refractivity contribution >= 4 is 6.03 Å². The van der Waals surface area contributed by atoms with Crippen LogP contribution < -0.4 is 5.32 Å². The molecular weight excluding hydrogens is 122 g/mol. The Bertz CT molecular complexity index is 136. The average molecular weight is 129 g/mol. The molecule has 0 aromatic heterocycles. The SMILES string of the molecule is O=NN1CCCNC1=O. The van der Waals surface area contributed by atoms with Crippen molar-refractivity contribution in [1.29, 1.82) is 0 Å². The molecule has 0 aliphatic carbocycles. The highest BCUT2D eigenvalue weighted by atomic mass is 16.3. The maximum absolute atomic E-state index is 10.5. The average Bonchev–Trinajstić information content (AvgIpc) is 1.89. The third-order valence-corrected chi connectivity index (χ3v) is 1.16. The van der Waals surface area contributed by atoms with Crippen LogP contribution in [0.2, 0.25) is 0 Å². The summed E-state index contributed by atoms with van der Waals surface area (Å²) in [6.07, 6.45) is 0.789. The number of hydrogen-bond donors (Lipinski definition) is 1. The lowest BCUT2D eigenvalue weighted by Crippen LogP contribution is -2.43. The first-order valence-corrected chi connectivity index (χ1v) is 2.73. The van der Waals surface area contributed by atoms with Crippen molar-refractivity contribution in [2.45, 2.75) is 6.42 Å². The van der Waals surface area contributed by atoms with E-state index < -0.39 is 6.03 Å². The van der Waals surface area contributed by atoms with E-state index in [1.165, 1.54) is 0 Å². The largest absolute Gasteiger partial charge is 0.340 e. The third kappa shape index (κ3) is 1.16. The van der Waals surface area contributed by atoms with Crippen molar-refractivity contribution in [1.82, 2.24) is 10.3 Å². The summed E-state index contributed by atoms with van der Waals surface area (Å²) in [5, 5.41) is 5.85. The second-order valence-corrected chi connectivity index (χ2v) is 1.79. The summed E-state index contributed by atoms with van der Waals surface area (Å²) in [7, 11) is 0. The molecule has 1 saturated heterocycles. The molecule has 0 bridgehead atoms. The van der Waals surface area contributed by atoms with Crippen molar-refractivity contribution < 1.29 is 4.79 Å². The van der Waals surface area contributed by atoms with Crippen LogP contribution in [0.3, 0.4) is 0 Å². The van der Waals surface area contributed by atoms with E-state index in [0.717, 1.165) is 11.4 Å². The fraction of sp³-hybridized carbons (Fsp3) is 0.750. The van der Waals surface area contributed by atoms with Crippen molar-refractivity contribution in [3.8, 4) is 0 Å². The Balaban J connectivity index is 2.48. The molecule has 0 unspecified atom stereocenters. The van der Waals surface area contributed by atoms with Gasteiger partial charge in [-0.15, -0.1) is 4.91 Å². The number of rotatable bonds is 1. The number of carbonyl (C=O) groups is 1. The van der Waals surface area contributed by atoms with Gasteiger partial charge >= 0.3 is 6.03 Å². The Kier molecular flexibility index (Phi) is 1.62. The van der Waals surface area contributed by atoms with Gasteiger partial charge in [0.15, 0.2) is 0 Å². The topological polar surface area (TPSA) is 61.8 Å². The van der Waals surface area contributed by atoms with Crippen LogP contribution in [0.1, 0.15) is 6.42 Å². The minimum Gasteiger partial charge on any atom is -0.336 e. The molecule has 0 saturated carbocycles. The molecule has 9 heavy (non-hydrogen) atoms. The van der Waals surface area contributed by atoms with E-state index >= 15 is 0 Å². The highest BCUT2D eigenvalue weighted by molar-refractivity contribution is 5.74. The van der Waals surface area contributed by atoms with E-state index in [9.17, 15) is 9.70 Å². The zero-order valence-electron chi connectivity index (χ0n) is 4.83. The molecule has 1 rings (SSSR count). The molecule has 50 valence electrons. The quantitative estimate of drug-likeness (QED) is 0.510. The van der Waals surface area contributed by atoms with Crippen molar-refractivity contribution in [3.05, 3.63) is 4.91 Å². The molecule has 5 nitrogen and oxygen atoms in total. The van der Waals surface area contributed by atoms with Crippen LogP contribution in [0.15, 0.2) is 5.29 Å². The van der Waals surface area contributed by atoms with Crippen LogP contribution in [0.25, 0.3) is 0 Å². The molecule has 5 heteroatoms. The summed E-state index contributed by atoms with van der Waals surface area (Å²) in [5.41, 5.74) is 0. The summed E-state index contributed by atoms with van der Waals surface area (Å²) in [6, 6.07) is -0.392. The molecule has 1 fully saturated rings. The number of hydrogen-bond acceptors (Lipinski definition) is 3. The second kappa shape index (κ2) is 2.43. The first kappa shape index (κ1) is 6.00. The van der Waals surface area contributed by atoms with Crippen molar-refractivity contribution in [2.75, 3.05) is 13.1 Å². The highest BCUT2D eigenvalue weighted by Gasteiger charge is 2.16. The first-order valence-electron chi connectivity index (χ1n) is 2.73. The van der Waals surface area contributed by atoms with Crippen LogP contribution in [0.4, 0.5) is 4.79 Å². The molecule has 1 N–H and O–H groups in total. The van der Waals surface area contributed by atoms with Gasteiger partial charge < -0.3 is 5.32 Å². The van der Waals surface area contributed by atoms with E-state index in [-0.39, 0.29) is 0 Å². The fourth-order valence-corrected chi connectivity index (χ4v) is 0.695.